The number of nitrogens with zero attached hydrogens (tertiary/aromatic N) is 4. The first-order valence-corrected chi connectivity index (χ1v) is 11.6. The van der Waals surface area contributed by atoms with Crippen molar-refractivity contribution in [2.75, 3.05) is 16.8 Å². The Morgan fingerprint density at radius 3 is 2.56 bits per heavy atom. The van der Waals surface area contributed by atoms with E-state index in [1.54, 1.807) is 29.4 Å². The summed E-state index contributed by atoms with van der Waals surface area (Å²) in [6, 6.07) is 12.8. The number of benzene rings is 2. The van der Waals surface area contributed by atoms with Gasteiger partial charge in [0.1, 0.15) is 0 Å². The van der Waals surface area contributed by atoms with E-state index in [9.17, 15) is 18.0 Å². The van der Waals surface area contributed by atoms with Crippen LogP contribution in [0.15, 0.2) is 61.1 Å². The van der Waals surface area contributed by atoms with E-state index < -0.39 is 17.7 Å². The largest absolute Gasteiger partial charge is 0.338 e. The molecule has 0 radical (unpaired) electrons. The maximum absolute atomic E-state index is 14.5. The highest BCUT2D eigenvalue weighted by Crippen LogP contribution is 2.44. The van der Waals surface area contributed by atoms with Crippen LogP contribution in [0.1, 0.15) is 18.4 Å². The molecule has 0 spiro atoms. The van der Waals surface area contributed by atoms with Crippen LogP contribution in [0, 0.1) is 11.7 Å². The number of hydrogen-bond donors (Lipinski definition) is 2. The molecule has 2 aliphatic rings. The monoisotopic (exact) mass is 490 g/mol. The fourth-order valence-electron chi connectivity index (χ4n) is 4.71. The number of amides is 1. The first-order valence-electron chi connectivity index (χ1n) is 11.6. The van der Waals surface area contributed by atoms with Crippen LogP contribution in [0.3, 0.4) is 0 Å². The first-order chi connectivity index (χ1) is 17.4. The van der Waals surface area contributed by atoms with Crippen molar-refractivity contribution in [1.82, 2.24) is 20.2 Å². The van der Waals surface area contributed by atoms with Crippen molar-refractivity contribution in [3.63, 3.8) is 0 Å². The summed E-state index contributed by atoms with van der Waals surface area (Å²) in [5, 5.41) is 9.71. The van der Waals surface area contributed by atoms with Gasteiger partial charge in [-0.25, -0.2) is 23.1 Å². The molecule has 36 heavy (non-hydrogen) atoms. The van der Waals surface area contributed by atoms with E-state index in [1.165, 1.54) is 0 Å². The minimum absolute atomic E-state index is 0.0410. The summed E-state index contributed by atoms with van der Waals surface area (Å²) in [4.78, 5) is 22.8. The van der Waals surface area contributed by atoms with Gasteiger partial charge in [0.2, 0.25) is 11.8 Å². The lowest BCUT2D eigenvalue weighted by molar-refractivity contribution is -0.147. The van der Waals surface area contributed by atoms with Gasteiger partial charge in [-0.1, -0.05) is 12.1 Å². The number of aromatic amines is 1. The van der Waals surface area contributed by atoms with E-state index in [4.69, 9.17) is 0 Å². The van der Waals surface area contributed by atoms with Gasteiger partial charge >= 0.3 is 0 Å². The smallest absolute Gasteiger partial charge is 0.249 e. The summed E-state index contributed by atoms with van der Waals surface area (Å²) in [6.07, 6.45) is 4.45. The lowest BCUT2D eigenvalue weighted by Gasteiger charge is -2.36. The van der Waals surface area contributed by atoms with Crippen LogP contribution < -0.4 is 10.2 Å². The van der Waals surface area contributed by atoms with Gasteiger partial charge in [0.15, 0.2) is 17.5 Å². The van der Waals surface area contributed by atoms with Crippen LogP contribution >= 0.6 is 0 Å². The molecule has 1 aliphatic carbocycles. The minimum Gasteiger partial charge on any atom is -0.338 e. The Hall–Kier alpha value is -4.21. The lowest BCUT2D eigenvalue weighted by atomic mass is 9.80. The van der Waals surface area contributed by atoms with Crippen molar-refractivity contribution < 1.29 is 18.0 Å². The normalized spacial score (nSPS) is 16.5. The maximum Gasteiger partial charge on any atom is 0.249 e. The molecule has 182 valence electrons. The third kappa shape index (κ3) is 4.08. The zero-order chi connectivity index (χ0) is 24.9. The Labute approximate surface area is 204 Å². The molecule has 1 aliphatic heterocycles. The Morgan fingerprint density at radius 2 is 1.83 bits per heavy atom. The predicted octanol–water partition coefficient (Wildman–Crippen LogP) is 5.35. The summed E-state index contributed by atoms with van der Waals surface area (Å²) in [6.45, 7) is 0.450. The maximum atomic E-state index is 14.5. The number of halogens is 3. The number of rotatable bonds is 5. The molecule has 3 heterocycles. The number of anilines is 3. The SMILES string of the molecule is O=C(C1CC(F)(F)C1)N1CCc2cc(-c3ncc(F)c(Nc4ccc(-c5cn[nH]c5)cc4)n3)ccc21. The molecular weight excluding hydrogens is 469 g/mol. The van der Waals surface area contributed by atoms with E-state index in [-0.39, 0.29) is 24.6 Å². The number of fused-ring (bicyclic) bond motifs is 1. The number of nitrogens with one attached hydrogen (secondary N) is 2. The van der Waals surface area contributed by atoms with Crippen LogP contribution in [0.4, 0.5) is 30.4 Å². The second kappa shape index (κ2) is 8.47. The van der Waals surface area contributed by atoms with Crippen LogP contribution in [-0.4, -0.2) is 38.5 Å². The molecule has 1 saturated carbocycles. The number of carbonyl (C=O) groups excluding carboxylic acids is 1. The Bertz CT molecular complexity index is 1430. The molecule has 2 aromatic carbocycles. The van der Waals surface area contributed by atoms with E-state index in [0.717, 1.165) is 28.6 Å². The van der Waals surface area contributed by atoms with Crippen molar-refractivity contribution in [2.24, 2.45) is 5.92 Å². The minimum atomic E-state index is -2.74. The predicted molar refractivity (Wildman–Crippen MR) is 128 cm³/mol. The highest BCUT2D eigenvalue weighted by molar-refractivity contribution is 5.98. The van der Waals surface area contributed by atoms with Crippen LogP contribution in [0.2, 0.25) is 0 Å². The summed E-state index contributed by atoms with van der Waals surface area (Å²) in [7, 11) is 0. The molecular formula is C26H21F3N6O. The fourth-order valence-corrected chi connectivity index (χ4v) is 4.71. The number of aromatic nitrogens is 4. The molecule has 0 saturated heterocycles. The summed E-state index contributed by atoms with van der Waals surface area (Å²) in [5.41, 5.74) is 4.88. The third-order valence-corrected chi connectivity index (χ3v) is 6.66. The number of hydrogen-bond acceptors (Lipinski definition) is 5. The molecule has 2 N–H and O–H groups in total. The van der Waals surface area contributed by atoms with Crippen molar-refractivity contribution in [2.45, 2.75) is 25.2 Å². The van der Waals surface area contributed by atoms with Crippen LogP contribution in [0.25, 0.3) is 22.5 Å². The zero-order valence-corrected chi connectivity index (χ0v) is 19.0. The molecule has 6 rings (SSSR count). The highest BCUT2D eigenvalue weighted by Gasteiger charge is 2.50. The van der Waals surface area contributed by atoms with E-state index in [0.29, 0.717) is 30.0 Å². The second-order valence-corrected chi connectivity index (χ2v) is 9.12. The molecule has 1 fully saturated rings. The van der Waals surface area contributed by atoms with E-state index >= 15 is 0 Å². The van der Waals surface area contributed by atoms with Crippen molar-refractivity contribution in [3.8, 4) is 22.5 Å². The molecule has 1 amide bonds. The average Bonchev–Trinajstić information content (AvgIpc) is 3.54. The van der Waals surface area contributed by atoms with E-state index in [1.807, 2.05) is 30.3 Å². The average molecular weight is 490 g/mol. The second-order valence-electron chi connectivity index (χ2n) is 9.12. The fraction of sp³-hybridized carbons (Fsp3) is 0.231. The van der Waals surface area contributed by atoms with Gasteiger partial charge in [-0.05, 0) is 47.9 Å². The molecule has 4 aromatic rings. The van der Waals surface area contributed by atoms with Gasteiger partial charge in [0.25, 0.3) is 0 Å². The third-order valence-electron chi connectivity index (χ3n) is 6.66. The van der Waals surface area contributed by atoms with Gasteiger partial charge in [0, 0.05) is 54.0 Å². The summed E-state index contributed by atoms with van der Waals surface area (Å²) >= 11 is 0. The summed E-state index contributed by atoms with van der Waals surface area (Å²) in [5.74, 6) is -3.84. The van der Waals surface area contributed by atoms with Crippen LogP contribution in [-0.2, 0) is 11.2 Å². The van der Waals surface area contributed by atoms with Gasteiger partial charge in [-0.3, -0.25) is 9.89 Å². The van der Waals surface area contributed by atoms with E-state index in [2.05, 4.69) is 25.5 Å². The molecule has 0 bridgehead atoms. The molecule has 2 aromatic heterocycles. The van der Waals surface area contributed by atoms with Gasteiger partial charge in [-0.2, -0.15) is 5.10 Å². The van der Waals surface area contributed by atoms with Crippen molar-refractivity contribution in [1.29, 1.82) is 0 Å². The van der Waals surface area contributed by atoms with Gasteiger partial charge < -0.3 is 10.2 Å². The summed E-state index contributed by atoms with van der Waals surface area (Å²) < 4.78 is 41.0. The van der Waals surface area contributed by atoms with Crippen molar-refractivity contribution >= 4 is 23.1 Å². The number of H-pyrrole nitrogens is 1. The number of carbonyl (C=O) groups is 1. The lowest BCUT2D eigenvalue weighted by Crippen LogP contribution is -2.46. The van der Waals surface area contributed by atoms with Gasteiger partial charge in [0.05, 0.1) is 12.4 Å². The first kappa shape index (κ1) is 22.3. The quantitative estimate of drug-likeness (QED) is 0.394. The van der Waals surface area contributed by atoms with Crippen LogP contribution in [0.5, 0.6) is 0 Å². The van der Waals surface area contributed by atoms with Gasteiger partial charge in [-0.15, -0.1) is 0 Å². The molecule has 0 unspecified atom stereocenters. The molecule has 7 nitrogen and oxygen atoms in total. The molecule has 10 heteroatoms. The number of alkyl halides is 2. The standard InChI is InChI=1S/C26H21F3N6O/c27-21-14-30-23(34-24(21)33-20-4-1-15(2-5-20)19-12-31-32-13-19)17-3-6-22-16(9-17)7-8-35(22)25(36)18-10-26(28,29)11-18/h1-6,9,12-14,18H,7-8,10-11H2,(H,31,32)(H,30,33,34). The zero-order valence-electron chi connectivity index (χ0n) is 19.0. The van der Waals surface area contributed by atoms with Crippen molar-refractivity contribution in [3.05, 3.63) is 72.4 Å². The Morgan fingerprint density at radius 1 is 1.06 bits per heavy atom. The highest BCUT2D eigenvalue weighted by atomic mass is 19.3. The molecule has 0 atom stereocenters. The topological polar surface area (TPSA) is 86.8 Å². The Balaban J connectivity index is 1.20. The Kier molecular flexibility index (Phi) is 5.24.